The largest absolute Gasteiger partial charge is 0.494 e. The molecule has 0 spiro atoms. The van der Waals surface area contributed by atoms with Gasteiger partial charge in [-0.3, -0.25) is 14.5 Å². The highest BCUT2D eigenvalue weighted by atomic mass is 32.2. The van der Waals surface area contributed by atoms with Gasteiger partial charge in [0.15, 0.2) is 5.17 Å². The van der Waals surface area contributed by atoms with Crippen LogP contribution in [0.15, 0.2) is 66.2 Å². The number of hydrogen-bond acceptors (Lipinski definition) is 5. The molecule has 8 heteroatoms. The molecule has 0 aliphatic carbocycles. The summed E-state index contributed by atoms with van der Waals surface area (Å²) >= 11 is 1.22. The van der Waals surface area contributed by atoms with Crippen molar-refractivity contribution >= 4 is 40.1 Å². The van der Waals surface area contributed by atoms with Crippen LogP contribution >= 0.6 is 11.8 Å². The van der Waals surface area contributed by atoms with Gasteiger partial charge in [0.1, 0.15) is 16.8 Å². The molecule has 1 atom stereocenters. The Kier molecular flexibility index (Phi) is 7.24. The van der Waals surface area contributed by atoms with Crippen LogP contribution in [-0.2, 0) is 9.59 Å². The quantitative estimate of drug-likeness (QED) is 0.635. The van der Waals surface area contributed by atoms with Gasteiger partial charge in [-0.1, -0.05) is 17.8 Å². The summed E-state index contributed by atoms with van der Waals surface area (Å²) in [6, 6.07) is 12.7. The molecule has 30 heavy (non-hydrogen) atoms. The minimum atomic E-state index is -0.591. The second-order valence-electron chi connectivity index (χ2n) is 6.42. The SMILES string of the molecule is C=CCN1C(=O)[C@H](CC(=O)Nc2ccc(OCC)cc2)SC1=Nc1ccc(F)cc1. The molecule has 1 aliphatic rings. The number of aliphatic imine (C=N–C) groups is 1. The van der Waals surface area contributed by atoms with Crippen molar-refractivity contribution in [2.45, 2.75) is 18.6 Å². The van der Waals surface area contributed by atoms with Crippen LogP contribution in [0, 0.1) is 5.82 Å². The third-order valence-electron chi connectivity index (χ3n) is 4.20. The van der Waals surface area contributed by atoms with E-state index >= 15 is 0 Å². The Hall–Kier alpha value is -3.13. The first-order valence-corrected chi connectivity index (χ1v) is 10.3. The van der Waals surface area contributed by atoms with Gasteiger partial charge in [0, 0.05) is 18.7 Å². The summed E-state index contributed by atoms with van der Waals surface area (Å²) in [6.07, 6.45) is 1.60. The van der Waals surface area contributed by atoms with E-state index in [2.05, 4.69) is 16.9 Å². The predicted molar refractivity (Wildman–Crippen MR) is 118 cm³/mol. The molecule has 6 nitrogen and oxygen atoms in total. The van der Waals surface area contributed by atoms with Crippen LogP contribution < -0.4 is 10.1 Å². The summed E-state index contributed by atoms with van der Waals surface area (Å²) < 4.78 is 18.5. The van der Waals surface area contributed by atoms with E-state index in [4.69, 9.17) is 4.74 Å². The number of carbonyl (C=O) groups excluding carboxylic acids is 2. The third-order valence-corrected chi connectivity index (χ3v) is 5.38. The van der Waals surface area contributed by atoms with Crippen LogP contribution in [0.1, 0.15) is 13.3 Å². The summed E-state index contributed by atoms with van der Waals surface area (Å²) in [7, 11) is 0. The standard InChI is InChI=1S/C22H22FN3O3S/c1-3-13-26-21(28)19(30-22(26)25-17-7-5-15(23)6-8-17)14-20(27)24-16-9-11-18(12-10-16)29-4-2/h3,5-12,19H,1,4,13-14H2,2H3,(H,24,27)/t19-/m0/s1. The van der Waals surface area contributed by atoms with Gasteiger partial charge in [0.25, 0.3) is 0 Å². The van der Waals surface area contributed by atoms with Crippen LogP contribution in [0.5, 0.6) is 5.75 Å². The molecule has 1 aliphatic heterocycles. The Labute approximate surface area is 178 Å². The minimum Gasteiger partial charge on any atom is -0.494 e. The number of amides is 2. The van der Waals surface area contributed by atoms with E-state index in [0.29, 0.717) is 23.1 Å². The molecular weight excluding hydrogens is 405 g/mol. The summed E-state index contributed by atoms with van der Waals surface area (Å²) in [6.45, 7) is 6.42. The van der Waals surface area contributed by atoms with Gasteiger partial charge < -0.3 is 10.1 Å². The average Bonchev–Trinajstić information content (AvgIpc) is 3.00. The lowest BCUT2D eigenvalue weighted by atomic mass is 10.2. The molecule has 1 heterocycles. The number of carbonyl (C=O) groups is 2. The van der Waals surface area contributed by atoms with Crippen molar-refractivity contribution in [3.05, 3.63) is 67.0 Å². The smallest absolute Gasteiger partial charge is 0.242 e. The Morgan fingerprint density at radius 1 is 1.27 bits per heavy atom. The van der Waals surface area contributed by atoms with Crippen molar-refractivity contribution in [3.63, 3.8) is 0 Å². The first kappa shape index (κ1) is 21.6. The van der Waals surface area contributed by atoms with Crippen molar-refractivity contribution < 1.29 is 18.7 Å². The normalized spacial score (nSPS) is 17.3. The molecule has 3 rings (SSSR count). The van der Waals surface area contributed by atoms with Gasteiger partial charge in [0.05, 0.1) is 12.3 Å². The predicted octanol–water partition coefficient (Wildman–Crippen LogP) is 4.37. The molecule has 1 N–H and O–H groups in total. The molecular formula is C22H22FN3O3S. The summed E-state index contributed by atoms with van der Waals surface area (Å²) in [5.41, 5.74) is 1.15. The molecule has 2 aromatic rings. The maximum Gasteiger partial charge on any atom is 0.242 e. The van der Waals surface area contributed by atoms with Crippen LogP contribution in [0.4, 0.5) is 15.8 Å². The average molecular weight is 428 g/mol. The number of rotatable bonds is 8. The van der Waals surface area contributed by atoms with Crippen molar-refractivity contribution in [1.82, 2.24) is 4.90 Å². The first-order valence-electron chi connectivity index (χ1n) is 9.46. The molecule has 0 aromatic heterocycles. The van der Waals surface area contributed by atoms with E-state index in [1.54, 1.807) is 30.3 Å². The van der Waals surface area contributed by atoms with E-state index in [1.807, 2.05) is 6.92 Å². The zero-order valence-electron chi connectivity index (χ0n) is 16.5. The van der Waals surface area contributed by atoms with E-state index in [1.165, 1.54) is 40.9 Å². The molecule has 0 unspecified atom stereocenters. The van der Waals surface area contributed by atoms with Gasteiger partial charge in [-0.25, -0.2) is 9.38 Å². The Morgan fingerprint density at radius 2 is 1.97 bits per heavy atom. The molecule has 0 radical (unpaired) electrons. The van der Waals surface area contributed by atoms with Crippen molar-refractivity contribution in [3.8, 4) is 5.75 Å². The molecule has 156 valence electrons. The lowest BCUT2D eigenvalue weighted by molar-refractivity contribution is -0.127. The highest BCUT2D eigenvalue weighted by Crippen LogP contribution is 2.32. The second-order valence-corrected chi connectivity index (χ2v) is 7.59. The number of amidine groups is 1. The fourth-order valence-corrected chi connectivity index (χ4v) is 4.00. The highest BCUT2D eigenvalue weighted by molar-refractivity contribution is 8.15. The van der Waals surface area contributed by atoms with E-state index in [0.717, 1.165) is 5.75 Å². The zero-order chi connectivity index (χ0) is 21.5. The maximum absolute atomic E-state index is 13.1. The van der Waals surface area contributed by atoms with Crippen LogP contribution in [0.25, 0.3) is 0 Å². The first-order chi connectivity index (χ1) is 14.5. The minimum absolute atomic E-state index is 0.00674. The highest BCUT2D eigenvalue weighted by Gasteiger charge is 2.38. The number of nitrogens with zero attached hydrogens (tertiary/aromatic N) is 2. The molecule has 2 amide bonds. The Balaban J connectivity index is 1.67. The number of nitrogens with one attached hydrogen (secondary N) is 1. The topological polar surface area (TPSA) is 71.0 Å². The fourth-order valence-electron chi connectivity index (χ4n) is 2.83. The zero-order valence-corrected chi connectivity index (χ0v) is 17.3. The third kappa shape index (κ3) is 5.48. The lowest BCUT2D eigenvalue weighted by Gasteiger charge is -2.13. The summed E-state index contributed by atoms with van der Waals surface area (Å²) in [5, 5.41) is 2.67. The lowest BCUT2D eigenvalue weighted by Crippen LogP contribution is -2.33. The van der Waals surface area contributed by atoms with E-state index in [9.17, 15) is 14.0 Å². The van der Waals surface area contributed by atoms with Crippen LogP contribution in [0.2, 0.25) is 0 Å². The van der Waals surface area contributed by atoms with Crippen LogP contribution in [0.3, 0.4) is 0 Å². The molecule has 1 saturated heterocycles. The number of hydrogen-bond donors (Lipinski definition) is 1. The van der Waals surface area contributed by atoms with Crippen LogP contribution in [-0.4, -0.2) is 40.3 Å². The molecule has 1 fully saturated rings. The second kappa shape index (κ2) is 10.1. The van der Waals surface area contributed by atoms with Gasteiger partial charge >= 0.3 is 0 Å². The van der Waals surface area contributed by atoms with E-state index < -0.39 is 5.25 Å². The summed E-state index contributed by atoms with van der Waals surface area (Å²) in [5.74, 6) is -0.117. The van der Waals surface area contributed by atoms with Crippen molar-refractivity contribution in [2.24, 2.45) is 4.99 Å². The van der Waals surface area contributed by atoms with Gasteiger partial charge in [0.2, 0.25) is 11.8 Å². The maximum atomic E-state index is 13.1. The molecule has 2 aromatic carbocycles. The fraction of sp³-hybridized carbons (Fsp3) is 0.227. The molecule has 0 saturated carbocycles. The summed E-state index contributed by atoms with van der Waals surface area (Å²) in [4.78, 5) is 31.2. The monoisotopic (exact) mass is 427 g/mol. The Bertz CT molecular complexity index is 945. The van der Waals surface area contributed by atoms with Gasteiger partial charge in [-0.2, -0.15) is 0 Å². The Morgan fingerprint density at radius 3 is 2.60 bits per heavy atom. The van der Waals surface area contributed by atoms with Crippen molar-refractivity contribution in [1.29, 1.82) is 0 Å². The number of thioether (sulfide) groups is 1. The van der Waals surface area contributed by atoms with Gasteiger partial charge in [-0.05, 0) is 55.5 Å². The number of benzene rings is 2. The number of halogens is 1. The van der Waals surface area contributed by atoms with Gasteiger partial charge in [-0.15, -0.1) is 6.58 Å². The van der Waals surface area contributed by atoms with E-state index in [-0.39, 0.29) is 30.6 Å². The number of ether oxygens (including phenoxy) is 1. The molecule has 0 bridgehead atoms. The number of anilines is 1. The van der Waals surface area contributed by atoms with Crippen molar-refractivity contribution in [2.75, 3.05) is 18.5 Å².